The summed E-state index contributed by atoms with van der Waals surface area (Å²) in [4.78, 5) is 4.17. The Hall–Kier alpha value is -1.29. The zero-order valence-corrected chi connectivity index (χ0v) is 13.5. The van der Waals surface area contributed by atoms with Gasteiger partial charge in [0, 0.05) is 17.8 Å². The number of benzene rings is 1. The summed E-state index contributed by atoms with van der Waals surface area (Å²) in [6, 6.07) is 9.73. The molecule has 0 bridgehead atoms. The highest BCUT2D eigenvalue weighted by molar-refractivity contribution is 6.42. The van der Waals surface area contributed by atoms with Crippen LogP contribution in [-0.2, 0) is 6.42 Å². The molecule has 0 radical (unpaired) electrons. The van der Waals surface area contributed by atoms with E-state index in [0.29, 0.717) is 15.9 Å². The number of nitrogen functional groups attached to an aromatic ring is 1. The summed E-state index contributed by atoms with van der Waals surface area (Å²) in [5.74, 6) is 0.561. The lowest BCUT2D eigenvalue weighted by atomic mass is 9.99. The van der Waals surface area contributed by atoms with Gasteiger partial charge in [0.15, 0.2) is 0 Å². The van der Waals surface area contributed by atoms with Crippen molar-refractivity contribution >= 4 is 29.0 Å². The molecule has 0 aliphatic rings. The molecule has 1 heterocycles. The second kappa shape index (κ2) is 7.64. The molecule has 0 fully saturated rings. The minimum Gasteiger partial charge on any atom is -0.383 e. The first-order valence-corrected chi connectivity index (χ1v) is 7.75. The molecular weight excluding hydrogens is 305 g/mol. The number of nitrogens with two attached hydrogens (primary N) is 1. The van der Waals surface area contributed by atoms with Gasteiger partial charge in [0.1, 0.15) is 5.82 Å². The number of hydrogen-bond donors (Lipinski definition) is 2. The van der Waals surface area contributed by atoms with Gasteiger partial charge in [-0.05, 0) is 43.1 Å². The molecule has 0 spiro atoms. The molecule has 0 aliphatic heterocycles. The first kappa shape index (κ1) is 16.1. The molecule has 3 nitrogen and oxygen atoms in total. The Morgan fingerprint density at radius 3 is 2.71 bits per heavy atom. The van der Waals surface area contributed by atoms with E-state index in [2.05, 4.69) is 17.2 Å². The average Bonchev–Trinajstić information content (AvgIpc) is 2.48. The molecule has 1 unspecified atom stereocenters. The fraction of sp³-hybridized carbons (Fsp3) is 0.312. The summed E-state index contributed by atoms with van der Waals surface area (Å²) in [5, 5.41) is 4.65. The summed E-state index contributed by atoms with van der Waals surface area (Å²) < 4.78 is 0. The van der Waals surface area contributed by atoms with Crippen LogP contribution in [0.4, 0.5) is 5.82 Å². The number of nitrogens with one attached hydrogen (secondary N) is 1. The van der Waals surface area contributed by atoms with Crippen LogP contribution in [0.15, 0.2) is 36.5 Å². The van der Waals surface area contributed by atoms with Crippen LogP contribution in [0, 0.1) is 0 Å². The van der Waals surface area contributed by atoms with Crippen molar-refractivity contribution in [3.8, 4) is 0 Å². The second-order valence-electron chi connectivity index (χ2n) is 4.94. The third-order valence-electron chi connectivity index (χ3n) is 3.31. The van der Waals surface area contributed by atoms with Crippen LogP contribution in [0.1, 0.15) is 30.5 Å². The first-order chi connectivity index (χ1) is 10.1. The number of nitrogens with zero attached hydrogens (tertiary/aromatic N) is 1. The van der Waals surface area contributed by atoms with Crippen LogP contribution in [0.25, 0.3) is 0 Å². The molecule has 112 valence electrons. The van der Waals surface area contributed by atoms with E-state index in [-0.39, 0.29) is 6.04 Å². The summed E-state index contributed by atoms with van der Waals surface area (Å²) in [7, 11) is 0. The van der Waals surface area contributed by atoms with Crippen molar-refractivity contribution in [1.82, 2.24) is 10.3 Å². The lowest BCUT2D eigenvalue weighted by molar-refractivity contribution is 0.529. The predicted molar refractivity (Wildman–Crippen MR) is 89.9 cm³/mol. The molecular formula is C16H19Cl2N3. The summed E-state index contributed by atoms with van der Waals surface area (Å²) in [6.45, 7) is 3.05. The zero-order chi connectivity index (χ0) is 15.2. The third kappa shape index (κ3) is 4.34. The van der Waals surface area contributed by atoms with E-state index in [1.54, 1.807) is 6.20 Å². The number of aromatic nitrogens is 1. The Kier molecular flexibility index (Phi) is 5.85. The van der Waals surface area contributed by atoms with Crippen LogP contribution in [-0.4, -0.2) is 11.5 Å². The molecule has 1 aromatic carbocycles. The van der Waals surface area contributed by atoms with Crippen LogP contribution < -0.4 is 11.1 Å². The lowest BCUT2D eigenvalue weighted by Crippen LogP contribution is -2.25. The molecule has 1 aromatic heterocycles. The van der Waals surface area contributed by atoms with Crippen molar-refractivity contribution in [3.05, 3.63) is 57.7 Å². The van der Waals surface area contributed by atoms with E-state index in [9.17, 15) is 0 Å². The number of rotatable bonds is 6. The van der Waals surface area contributed by atoms with Crippen molar-refractivity contribution in [3.63, 3.8) is 0 Å². The Morgan fingerprint density at radius 1 is 1.24 bits per heavy atom. The number of anilines is 1. The molecule has 1 atom stereocenters. The van der Waals surface area contributed by atoms with E-state index in [0.717, 1.165) is 30.5 Å². The maximum absolute atomic E-state index is 6.09. The van der Waals surface area contributed by atoms with E-state index in [1.165, 1.54) is 0 Å². The second-order valence-corrected chi connectivity index (χ2v) is 5.75. The fourth-order valence-corrected chi connectivity index (χ4v) is 2.56. The van der Waals surface area contributed by atoms with Gasteiger partial charge in [-0.1, -0.05) is 42.3 Å². The van der Waals surface area contributed by atoms with Gasteiger partial charge in [0.05, 0.1) is 10.0 Å². The molecule has 21 heavy (non-hydrogen) atoms. The van der Waals surface area contributed by atoms with Crippen molar-refractivity contribution in [2.75, 3.05) is 12.3 Å². The largest absolute Gasteiger partial charge is 0.383 e. The predicted octanol–water partition coefficient (Wildman–Crippen LogP) is 4.25. The minimum atomic E-state index is 0.107. The highest BCUT2D eigenvalue weighted by Gasteiger charge is 2.15. The molecule has 5 heteroatoms. The Balaban J connectivity index is 2.24. The van der Waals surface area contributed by atoms with Crippen LogP contribution in [0.5, 0.6) is 0 Å². The molecule has 0 aliphatic carbocycles. The van der Waals surface area contributed by atoms with E-state index >= 15 is 0 Å². The summed E-state index contributed by atoms with van der Waals surface area (Å²) >= 11 is 12.1. The number of halogens is 2. The van der Waals surface area contributed by atoms with Gasteiger partial charge in [-0.3, -0.25) is 0 Å². The standard InChI is InChI=1S/C16H19Cl2N3/c1-2-7-20-15(12-4-3-8-21-16(12)19)10-11-5-6-13(17)14(18)9-11/h3-6,8-9,15,20H,2,7,10H2,1H3,(H2,19,21). The fourth-order valence-electron chi connectivity index (χ4n) is 2.24. The van der Waals surface area contributed by atoms with E-state index in [4.69, 9.17) is 28.9 Å². The Morgan fingerprint density at radius 2 is 2.05 bits per heavy atom. The molecule has 3 N–H and O–H groups in total. The van der Waals surface area contributed by atoms with Crippen molar-refractivity contribution in [2.24, 2.45) is 0 Å². The monoisotopic (exact) mass is 323 g/mol. The lowest BCUT2D eigenvalue weighted by Gasteiger charge is -2.20. The van der Waals surface area contributed by atoms with Gasteiger partial charge in [0.2, 0.25) is 0 Å². The maximum atomic E-state index is 6.09. The van der Waals surface area contributed by atoms with Crippen molar-refractivity contribution in [1.29, 1.82) is 0 Å². The van der Waals surface area contributed by atoms with Gasteiger partial charge in [0.25, 0.3) is 0 Å². The van der Waals surface area contributed by atoms with Gasteiger partial charge in [-0.25, -0.2) is 4.98 Å². The van der Waals surface area contributed by atoms with Crippen molar-refractivity contribution < 1.29 is 0 Å². The molecule has 2 aromatic rings. The summed E-state index contributed by atoms with van der Waals surface area (Å²) in [6.07, 6.45) is 3.54. The highest BCUT2D eigenvalue weighted by Crippen LogP contribution is 2.27. The van der Waals surface area contributed by atoms with Crippen LogP contribution >= 0.6 is 23.2 Å². The van der Waals surface area contributed by atoms with E-state index in [1.807, 2.05) is 30.3 Å². The van der Waals surface area contributed by atoms with Gasteiger partial charge < -0.3 is 11.1 Å². The smallest absolute Gasteiger partial charge is 0.128 e. The summed E-state index contributed by atoms with van der Waals surface area (Å²) in [5.41, 5.74) is 8.13. The maximum Gasteiger partial charge on any atom is 0.128 e. The highest BCUT2D eigenvalue weighted by atomic mass is 35.5. The van der Waals surface area contributed by atoms with Gasteiger partial charge in [-0.2, -0.15) is 0 Å². The third-order valence-corrected chi connectivity index (χ3v) is 4.05. The van der Waals surface area contributed by atoms with E-state index < -0.39 is 0 Å². The number of hydrogen-bond acceptors (Lipinski definition) is 3. The quantitative estimate of drug-likeness (QED) is 0.835. The average molecular weight is 324 g/mol. The Bertz CT molecular complexity index is 602. The molecule has 0 amide bonds. The minimum absolute atomic E-state index is 0.107. The van der Waals surface area contributed by atoms with Crippen molar-refractivity contribution in [2.45, 2.75) is 25.8 Å². The first-order valence-electron chi connectivity index (χ1n) is 6.99. The molecule has 0 saturated heterocycles. The van der Waals surface area contributed by atoms with Crippen LogP contribution in [0.2, 0.25) is 10.0 Å². The topological polar surface area (TPSA) is 50.9 Å². The normalized spacial score (nSPS) is 12.3. The molecule has 2 rings (SSSR count). The Labute approximate surface area is 135 Å². The number of pyridine rings is 1. The van der Waals surface area contributed by atoms with Gasteiger partial charge in [-0.15, -0.1) is 0 Å². The molecule has 0 saturated carbocycles. The van der Waals surface area contributed by atoms with Crippen LogP contribution in [0.3, 0.4) is 0 Å². The van der Waals surface area contributed by atoms with Gasteiger partial charge >= 0.3 is 0 Å². The zero-order valence-electron chi connectivity index (χ0n) is 11.9. The SMILES string of the molecule is CCCNC(Cc1ccc(Cl)c(Cl)c1)c1cccnc1N.